The van der Waals surface area contributed by atoms with E-state index in [2.05, 4.69) is 0 Å². The Hall–Kier alpha value is -2.31. The number of carbonyl (C=O) groups is 2. The van der Waals surface area contributed by atoms with Gasteiger partial charge >= 0.3 is 5.97 Å². The van der Waals surface area contributed by atoms with Crippen LogP contribution in [0.1, 0.15) is 29.6 Å². The highest BCUT2D eigenvalue weighted by Gasteiger charge is 2.25. The van der Waals surface area contributed by atoms with Crippen LogP contribution in [-0.4, -0.2) is 59.5 Å². The summed E-state index contributed by atoms with van der Waals surface area (Å²) in [6, 6.07) is 18.0. The van der Waals surface area contributed by atoms with E-state index >= 15 is 0 Å². The van der Waals surface area contributed by atoms with Crippen LogP contribution in [0.3, 0.4) is 0 Å². The van der Waals surface area contributed by atoms with Crippen molar-refractivity contribution in [3.05, 3.63) is 60.2 Å². The fourth-order valence-corrected chi connectivity index (χ4v) is 4.54. The van der Waals surface area contributed by atoms with Gasteiger partial charge in [-0.3, -0.25) is 14.5 Å². The largest absolute Gasteiger partial charge is 0.480 e. The number of likely N-dealkylation sites (N-methyl/N-ethyl adjacent to an activating group) is 1. The summed E-state index contributed by atoms with van der Waals surface area (Å²) in [5.74, 6) is -0.757. The third-order valence-corrected chi connectivity index (χ3v) is 6.17. The van der Waals surface area contributed by atoms with Gasteiger partial charge in [0.1, 0.15) is 0 Å². The second kappa shape index (κ2) is 9.75. The zero-order chi connectivity index (χ0) is 19.9. The fourth-order valence-electron chi connectivity index (χ4n) is 3.58. The normalized spacial score (nSPS) is 17.4. The van der Waals surface area contributed by atoms with Gasteiger partial charge in [-0.2, -0.15) is 0 Å². The maximum atomic E-state index is 13.2. The molecule has 5 nitrogen and oxygen atoms in total. The average Bonchev–Trinajstić information content (AvgIpc) is 2.94. The smallest absolute Gasteiger partial charge is 0.317 e. The Morgan fingerprint density at radius 3 is 2.54 bits per heavy atom. The van der Waals surface area contributed by atoms with Crippen molar-refractivity contribution in [3.8, 4) is 0 Å². The lowest BCUT2D eigenvalue weighted by molar-refractivity contribution is -0.138. The molecule has 1 N–H and O–H groups in total. The van der Waals surface area contributed by atoms with E-state index in [0.29, 0.717) is 13.1 Å². The molecule has 1 heterocycles. The van der Waals surface area contributed by atoms with E-state index in [-0.39, 0.29) is 18.5 Å². The molecule has 3 rings (SSSR count). The average molecular weight is 399 g/mol. The van der Waals surface area contributed by atoms with Crippen LogP contribution in [0.25, 0.3) is 0 Å². The lowest BCUT2D eigenvalue weighted by Gasteiger charge is -2.26. The monoisotopic (exact) mass is 398 g/mol. The first-order valence-electron chi connectivity index (χ1n) is 9.58. The number of aliphatic carboxylic acids is 1. The first-order chi connectivity index (χ1) is 13.5. The zero-order valence-electron chi connectivity index (χ0n) is 16.1. The summed E-state index contributed by atoms with van der Waals surface area (Å²) in [4.78, 5) is 30.1. The SMILES string of the molecule is CN(CC(=O)O)C1CCCN(C(=O)c2ccccc2Sc2ccccc2)CC1. The number of nitrogens with zero attached hydrogens (tertiary/aromatic N) is 2. The number of benzene rings is 2. The molecule has 6 heteroatoms. The number of rotatable bonds is 6. The van der Waals surface area contributed by atoms with E-state index < -0.39 is 5.97 Å². The summed E-state index contributed by atoms with van der Waals surface area (Å²) in [7, 11) is 1.85. The van der Waals surface area contributed by atoms with Crippen LogP contribution in [0.2, 0.25) is 0 Å². The summed E-state index contributed by atoms with van der Waals surface area (Å²) in [5.41, 5.74) is 0.730. The van der Waals surface area contributed by atoms with E-state index in [0.717, 1.165) is 34.6 Å². The first kappa shape index (κ1) is 20.4. The second-order valence-corrected chi connectivity index (χ2v) is 8.21. The topological polar surface area (TPSA) is 60.9 Å². The predicted molar refractivity (Wildman–Crippen MR) is 111 cm³/mol. The molecule has 1 aliphatic heterocycles. The van der Waals surface area contributed by atoms with E-state index in [1.54, 1.807) is 11.8 Å². The van der Waals surface area contributed by atoms with Gasteiger partial charge in [0.2, 0.25) is 0 Å². The van der Waals surface area contributed by atoms with E-state index in [1.807, 2.05) is 71.4 Å². The van der Waals surface area contributed by atoms with Gasteiger partial charge in [-0.25, -0.2) is 0 Å². The lowest BCUT2D eigenvalue weighted by Crippen LogP contribution is -2.37. The molecule has 0 aromatic heterocycles. The third-order valence-electron chi connectivity index (χ3n) is 5.08. The Labute approximate surface area is 170 Å². The lowest BCUT2D eigenvalue weighted by atomic mass is 10.1. The maximum Gasteiger partial charge on any atom is 0.317 e. The molecule has 2 aromatic rings. The Kier molecular flexibility index (Phi) is 7.12. The highest BCUT2D eigenvalue weighted by atomic mass is 32.2. The van der Waals surface area contributed by atoms with Gasteiger partial charge in [0.15, 0.2) is 0 Å². The maximum absolute atomic E-state index is 13.2. The third kappa shape index (κ3) is 5.36. The molecular weight excluding hydrogens is 372 g/mol. The number of carboxylic acids is 1. The summed E-state index contributed by atoms with van der Waals surface area (Å²) in [5, 5.41) is 9.02. The molecule has 0 bridgehead atoms. The number of likely N-dealkylation sites (tertiary alicyclic amines) is 1. The number of carboxylic acid groups (broad SMARTS) is 1. The molecule has 0 saturated carbocycles. The molecular formula is C22H26N2O3S. The highest BCUT2D eigenvalue weighted by Crippen LogP contribution is 2.31. The van der Waals surface area contributed by atoms with Crippen LogP contribution in [-0.2, 0) is 4.79 Å². The molecule has 1 atom stereocenters. The Bertz CT molecular complexity index is 812. The zero-order valence-corrected chi connectivity index (χ0v) is 16.9. The quantitative estimate of drug-likeness (QED) is 0.801. The Morgan fingerprint density at radius 2 is 1.79 bits per heavy atom. The first-order valence-corrected chi connectivity index (χ1v) is 10.4. The van der Waals surface area contributed by atoms with Crippen LogP contribution in [0.15, 0.2) is 64.4 Å². The van der Waals surface area contributed by atoms with Crippen LogP contribution in [0, 0.1) is 0 Å². The summed E-state index contributed by atoms with van der Waals surface area (Å²) in [6.45, 7) is 1.40. The van der Waals surface area contributed by atoms with Crippen molar-refractivity contribution < 1.29 is 14.7 Å². The molecule has 0 radical (unpaired) electrons. The highest BCUT2D eigenvalue weighted by molar-refractivity contribution is 7.99. The second-order valence-electron chi connectivity index (χ2n) is 7.10. The van der Waals surface area contributed by atoms with Gasteiger partial charge < -0.3 is 10.0 Å². The van der Waals surface area contributed by atoms with Crippen molar-refractivity contribution in [2.24, 2.45) is 0 Å². The Morgan fingerprint density at radius 1 is 1.07 bits per heavy atom. The molecule has 28 heavy (non-hydrogen) atoms. The van der Waals surface area contributed by atoms with Crippen molar-refractivity contribution in [1.29, 1.82) is 0 Å². The van der Waals surface area contributed by atoms with E-state index in [4.69, 9.17) is 5.11 Å². The van der Waals surface area contributed by atoms with Crippen LogP contribution in [0.5, 0.6) is 0 Å². The van der Waals surface area contributed by atoms with Gasteiger partial charge in [-0.05, 0) is 50.6 Å². The molecule has 0 aliphatic carbocycles. The fraction of sp³-hybridized carbons (Fsp3) is 0.364. The number of hydrogen-bond acceptors (Lipinski definition) is 4. The Balaban J connectivity index is 1.70. The molecule has 1 aliphatic rings. The van der Waals surface area contributed by atoms with Crippen molar-refractivity contribution in [1.82, 2.24) is 9.80 Å². The molecule has 1 saturated heterocycles. The standard InChI is InChI=1S/C22H26N2O3S/c1-23(16-21(25)26)17-8-7-14-24(15-13-17)22(27)19-11-5-6-12-20(19)28-18-9-3-2-4-10-18/h2-6,9-12,17H,7-8,13-16H2,1H3,(H,25,26). The molecule has 1 fully saturated rings. The molecule has 2 aromatic carbocycles. The van der Waals surface area contributed by atoms with Crippen molar-refractivity contribution >= 4 is 23.6 Å². The number of hydrogen-bond donors (Lipinski definition) is 1. The van der Waals surface area contributed by atoms with Crippen molar-refractivity contribution in [2.45, 2.75) is 35.1 Å². The van der Waals surface area contributed by atoms with Crippen molar-refractivity contribution in [3.63, 3.8) is 0 Å². The number of carbonyl (C=O) groups excluding carboxylic acids is 1. The van der Waals surface area contributed by atoms with Crippen LogP contribution < -0.4 is 0 Å². The minimum atomic E-state index is -0.813. The summed E-state index contributed by atoms with van der Waals surface area (Å²) in [6.07, 6.45) is 2.59. The predicted octanol–water partition coefficient (Wildman–Crippen LogP) is 3.85. The van der Waals surface area contributed by atoms with E-state index in [1.165, 1.54) is 0 Å². The van der Waals surface area contributed by atoms with Crippen molar-refractivity contribution in [2.75, 3.05) is 26.7 Å². The van der Waals surface area contributed by atoms with Gasteiger partial charge in [-0.1, -0.05) is 42.1 Å². The van der Waals surface area contributed by atoms with Crippen LogP contribution in [0.4, 0.5) is 0 Å². The molecule has 148 valence electrons. The molecule has 1 amide bonds. The minimum absolute atomic E-state index is 0.0369. The van der Waals surface area contributed by atoms with Crippen LogP contribution >= 0.6 is 11.8 Å². The van der Waals surface area contributed by atoms with Gasteiger partial charge in [0, 0.05) is 28.9 Å². The van der Waals surface area contributed by atoms with Gasteiger partial charge in [0.25, 0.3) is 5.91 Å². The van der Waals surface area contributed by atoms with Gasteiger partial charge in [0.05, 0.1) is 12.1 Å². The van der Waals surface area contributed by atoms with E-state index in [9.17, 15) is 9.59 Å². The molecule has 0 spiro atoms. The number of amides is 1. The minimum Gasteiger partial charge on any atom is -0.480 e. The summed E-state index contributed by atoms with van der Waals surface area (Å²) < 4.78 is 0. The molecule has 1 unspecified atom stereocenters. The summed E-state index contributed by atoms with van der Waals surface area (Å²) >= 11 is 1.60. The van der Waals surface area contributed by atoms with Gasteiger partial charge in [-0.15, -0.1) is 0 Å².